The van der Waals surface area contributed by atoms with E-state index in [2.05, 4.69) is 4.98 Å². The second-order valence-corrected chi connectivity index (χ2v) is 3.38. The fourth-order valence-electron chi connectivity index (χ4n) is 1.32. The molecule has 1 atom stereocenters. The Bertz CT molecular complexity index is 387. The maximum atomic E-state index is 11.7. The predicted molar refractivity (Wildman–Crippen MR) is 54.7 cm³/mol. The third-order valence-corrected chi connectivity index (χ3v) is 2.19. The van der Waals surface area contributed by atoms with Gasteiger partial charge in [0.25, 0.3) is 0 Å². The zero-order valence-electron chi connectivity index (χ0n) is 8.73. The third-order valence-electron chi connectivity index (χ3n) is 2.19. The van der Waals surface area contributed by atoms with Gasteiger partial charge < -0.3 is 5.11 Å². The fourth-order valence-corrected chi connectivity index (χ4v) is 1.32. The highest BCUT2D eigenvalue weighted by Crippen LogP contribution is 2.11. The Morgan fingerprint density at radius 1 is 1.53 bits per heavy atom. The van der Waals surface area contributed by atoms with Gasteiger partial charge in [0.1, 0.15) is 11.6 Å². The molecular weight excluding hydrogens is 194 g/mol. The zero-order valence-corrected chi connectivity index (χ0v) is 8.73. The minimum atomic E-state index is -1.09. The highest BCUT2D eigenvalue weighted by atomic mass is 16.4. The lowest BCUT2D eigenvalue weighted by Gasteiger charge is -2.07. The van der Waals surface area contributed by atoms with Crippen LogP contribution in [0.2, 0.25) is 0 Å². The van der Waals surface area contributed by atoms with Crippen molar-refractivity contribution in [3.63, 3.8) is 0 Å². The molecule has 0 radical (unpaired) electrons. The Balaban J connectivity index is 2.98. The van der Waals surface area contributed by atoms with Gasteiger partial charge in [-0.05, 0) is 31.0 Å². The van der Waals surface area contributed by atoms with Gasteiger partial charge >= 0.3 is 5.97 Å². The van der Waals surface area contributed by atoms with Gasteiger partial charge in [0.15, 0.2) is 5.78 Å². The molecule has 1 heterocycles. The summed E-state index contributed by atoms with van der Waals surface area (Å²) >= 11 is 0. The van der Waals surface area contributed by atoms with E-state index in [9.17, 15) is 9.59 Å². The number of nitrogens with zero attached hydrogens (tertiary/aromatic N) is 1. The van der Waals surface area contributed by atoms with Crippen molar-refractivity contribution < 1.29 is 14.7 Å². The molecule has 1 aromatic heterocycles. The maximum Gasteiger partial charge on any atom is 0.314 e. The summed E-state index contributed by atoms with van der Waals surface area (Å²) < 4.78 is 0. The van der Waals surface area contributed by atoms with Crippen LogP contribution in [0.4, 0.5) is 0 Å². The summed E-state index contributed by atoms with van der Waals surface area (Å²) in [7, 11) is 0. The van der Waals surface area contributed by atoms with Crippen LogP contribution in [0.5, 0.6) is 0 Å². The molecule has 0 aliphatic carbocycles. The number of aliphatic carboxylic acids is 1. The number of pyridine rings is 1. The highest BCUT2D eigenvalue weighted by molar-refractivity contribution is 6.07. The molecule has 4 heteroatoms. The van der Waals surface area contributed by atoms with Crippen molar-refractivity contribution in [3.05, 3.63) is 29.6 Å². The Labute approximate surface area is 88.0 Å². The lowest BCUT2D eigenvalue weighted by molar-refractivity contribution is -0.140. The molecule has 0 aliphatic heterocycles. The second-order valence-electron chi connectivity index (χ2n) is 3.38. The number of carbonyl (C=O) groups excluding carboxylic acids is 1. The van der Waals surface area contributed by atoms with Gasteiger partial charge in [0.05, 0.1) is 0 Å². The predicted octanol–water partition coefficient (Wildman–Crippen LogP) is 1.68. The molecule has 80 valence electrons. The standard InChI is InChI=1S/C11H13NO3/c1-3-8(11(14)15)10(13)9-6-7(2)4-5-12-9/h4-6,8H,3H2,1-2H3,(H,14,15). The summed E-state index contributed by atoms with van der Waals surface area (Å²) in [4.78, 5) is 26.4. The average molecular weight is 207 g/mol. The van der Waals surface area contributed by atoms with Crippen LogP contribution in [0.15, 0.2) is 18.3 Å². The summed E-state index contributed by atoms with van der Waals surface area (Å²) in [5.41, 5.74) is 1.12. The van der Waals surface area contributed by atoms with Crippen LogP contribution in [0.3, 0.4) is 0 Å². The number of ketones is 1. The molecule has 1 N–H and O–H groups in total. The number of carbonyl (C=O) groups is 2. The quantitative estimate of drug-likeness (QED) is 0.602. The first kappa shape index (κ1) is 11.4. The van der Waals surface area contributed by atoms with Gasteiger partial charge in [-0.3, -0.25) is 14.6 Å². The van der Waals surface area contributed by atoms with Crippen LogP contribution in [-0.4, -0.2) is 21.8 Å². The number of aromatic nitrogens is 1. The second kappa shape index (κ2) is 4.68. The van der Waals surface area contributed by atoms with Crippen LogP contribution in [0, 0.1) is 12.8 Å². The molecule has 0 fully saturated rings. The van der Waals surface area contributed by atoms with E-state index in [1.807, 2.05) is 6.92 Å². The fraction of sp³-hybridized carbons (Fsp3) is 0.364. The van der Waals surface area contributed by atoms with Crippen molar-refractivity contribution in [3.8, 4) is 0 Å². The summed E-state index contributed by atoms with van der Waals surface area (Å²) in [5.74, 6) is -2.50. The molecule has 0 saturated heterocycles. The summed E-state index contributed by atoms with van der Waals surface area (Å²) in [6.45, 7) is 3.51. The first-order chi connectivity index (χ1) is 7.06. The Morgan fingerprint density at radius 2 is 2.20 bits per heavy atom. The molecule has 1 aromatic rings. The third kappa shape index (κ3) is 2.62. The average Bonchev–Trinajstić information content (AvgIpc) is 2.18. The number of carboxylic acids is 1. The van der Waals surface area contributed by atoms with E-state index in [1.165, 1.54) is 6.20 Å². The largest absolute Gasteiger partial charge is 0.481 e. The topological polar surface area (TPSA) is 67.3 Å². The first-order valence-electron chi connectivity index (χ1n) is 4.76. The normalized spacial score (nSPS) is 12.1. The monoisotopic (exact) mass is 207 g/mol. The first-order valence-corrected chi connectivity index (χ1v) is 4.76. The van der Waals surface area contributed by atoms with Crippen molar-refractivity contribution in [1.82, 2.24) is 4.98 Å². The highest BCUT2D eigenvalue weighted by Gasteiger charge is 2.26. The molecule has 1 unspecified atom stereocenters. The molecule has 0 aromatic carbocycles. The van der Waals surface area contributed by atoms with Crippen molar-refractivity contribution in [2.24, 2.45) is 5.92 Å². The van der Waals surface area contributed by atoms with Crippen LogP contribution in [-0.2, 0) is 4.79 Å². The molecular formula is C11H13NO3. The lowest BCUT2D eigenvalue weighted by Crippen LogP contribution is -2.23. The van der Waals surface area contributed by atoms with Gasteiger partial charge in [-0.15, -0.1) is 0 Å². The number of Topliss-reactive ketones (excluding diaryl/α,β-unsaturated/α-hetero) is 1. The molecule has 0 bridgehead atoms. The summed E-state index contributed by atoms with van der Waals surface area (Å²) in [6, 6.07) is 3.37. The van der Waals surface area contributed by atoms with Crippen LogP contribution in [0.1, 0.15) is 29.4 Å². The van der Waals surface area contributed by atoms with E-state index >= 15 is 0 Å². The van der Waals surface area contributed by atoms with E-state index in [0.29, 0.717) is 0 Å². The van der Waals surface area contributed by atoms with E-state index in [-0.39, 0.29) is 12.1 Å². The number of rotatable bonds is 4. The van der Waals surface area contributed by atoms with Crippen molar-refractivity contribution in [2.75, 3.05) is 0 Å². The van der Waals surface area contributed by atoms with Gasteiger partial charge in [-0.25, -0.2) is 0 Å². The number of hydrogen-bond donors (Lipinski definition) is 1. The van der Waals surface area contributed by atoms with E-state index in [0.717, 1.165) is 5.56 Å². The van der Waals surface area contributed by atoms with Crippen LogP contribution >= 0.6 is 0 Å². The van der Waals surface area contributed by atoms with Crippen LogP contribution in [0.25, 0.3) is 0 Å². The number of hydrogen-bond acceptors (Lipinski definition) is 3. The Kier molecular flexibility index (Phi) is 3.55. The molecule has 0 amide bonds. The molecule has 15 heavy (non-hydrogen) atoms. The lowest BCUT2D eigenvalue weighted by atomic mass is 9.98. The molecule has 0 spiro atoms. The zero-order chi connectivity index (χ0) is 11.4. The summed E-state index contributed by atoms with van der Waals surface area (Å²) in [6.07, 6.45) is 1.79. The Hall–Kier alpha value is -1.71. The SMILES string of the molecule is CCC(C(=O)O)C(=O)c1cc(C)ccn1. The van der Waals surface area contributed by atoms with E-state index < -0.39 is 17.7 Å². The Morgan fingerprint density at radius 3 is 2.67 bits per heavy atom. The smallest absolute Gasteiger partial charge is 0.314 e. The van der Waals surface area contributed by atoms with Gasteiger partial charge in [0.2, 0.25) is 0 Å². The maximum absolute atomic E-state index is 11.7. The van der Waals surface area contributed by atoms with E-state index in [1.54, 1.807) is 19.1 Å². The molecule has 0 aliphatic rings. The van der Waals surface area contributed by atoms with Crippen LogP contribution < -0.4 is 0 Å². The number of carboxylic acid groups (broad SMARTS) is 1. The summed E-state index contributed by atoms with van der Waals surface area (Å²) in [5, 5.41) is 8.83. The minimum Gasteiger partial charge on any atom is -0.481 e. The molecule has 0 saturated carbocycles. The van der Waals surface area contributed by atoms with Gasteiger partial charge in [0, 0.05) is 6.20 Å². The van der Waals surface area contributed by atoms with Crippen molar-refractivity contribution in [2.45, 2.75) is 20.3 Å². The van der Waals surface area contributed by atoms with E-state index in [4.69, 9.17) is 5.11 Å². The number of aryl methyl sites for hydroxylation is 1. The molecule has 1 rings (SSSR count). The minimum absolute atomic E-state index is 0.226. The van der Waals surface area contributed by atoms with Crippen molar-refractivity contribution >= 4 is 11.8 Å². The molecule has 4 nitrogen and oxygen atoms in total. The van der Waals surface area contributed by atoms with Gasteiger partial charge in [-0.1, -0.05) is 6.92 Å². The van der Waals surface area contributed by atoms with Gasteiger partial charge in [-0.2, -0.15) is 0 Å². The van der Waals surface area contributed by atoms with Crippen molar-refractivity contribution in [1.29, 1.82) is 0 Å².